The van der Waals surface area contributed by atoms with Gasteiger partial charge in [-0.2, -0.15) is 0 Å². The van der Waals surface area contributed by atoms with E-state index in [0.29, 0.717) is 0 Å². The Morgan fingerprint density at radius 1 is 1.50 bits per heavy atom. The second kappa shape index (κ2) is 5.19. The average Bonchev–Trinajstić information content (AvgIpc) is 2.69. The van der Waals surface area contributed by atoms with E-state index in [-0.39, 0.29) is 0 Å². The summed E-state index contributed by atoms with van der Waals surface area (Å²) in [5.41, 5.74) is -0.558. The summed E-state index contributed by atoms with van der Waals surface area (Å²) in [6, 6.07) is 2.04. The first-order chi connectivity index (χ1) is 7.65. The smallest absolute Gasteiger partial charge is 0.0999 e. The molecule has 1 aliphatic carbocycles. The normalized spacial score (nSPS) is 30.6. The lowest BCUT2D eigenvalue weighted by atomic mass is 9.76. The molecule has 16 heavy (non-hydrogen) atoms. The first-order valence-corrected chi connectivity index (χ1v) is 7.79. The molecule has 3 heteroatoms. The number of rotatable bonds is 3. The summed E-state index contributed by atoms with van der Waals surface area (Å²) < 4.78 is 1.08. The molecule has 1 heterocycles. The van der Waals surface area contributed by atoms with Crippen molar-refractivity contribution in [3.63, 3.8) is 0 Å². The lowest BCUT2D eigenvalue weighted by Gasteiger charge is -2.35. The summed E-state index contributed by atoms with van der Waals surface area (Å²) in [4.78, 5) is 1.13. The Morgan fingerprint density at radius 3 is 2.69 bits per heavy atom. The van der Waals surface area contributed by atoms with Gasteiger partial charge in [0.15, 0.2) is 0 Å². The van der Waals surface area contributed by atoms with E-state index in [1.54, 1.807) is 11.3 Å². The van der Waals surface area contributed by atoms with Crippen molar-refractivity contribution in [3.05, 3.63) is 20.8 Å². The van der Waals surface area contributed by atoms with E-state index in [1.165, 1.54) is 25.7 Å². The number of aliphatic hydroxyl groups is 1. The van der Waals surface area contributed by atoms with Crippen molar-refractivity contribution in [2.24, 2.45) is 5.92 Å². The van der Waals surface area contributed by atoms with Crippen molar-refractivity contribution in [1.82, 2.24) is 0 Å². The summed E-state index contributed by atoms with van der Waals surface area (Å²) >= 11 is 5.21. The van der Waals surface area contributed by atoms with Crippen molar-refractivity contribution in [2.75, 3.05) is 0 Å². The van der Waals surface area contributed by atoms with Crippen LogP contribution in [0.2, 0.25) is 0 Å². The molecule has 0 unspecified atom stereocenters. The minimum Gasteiger partial charge on any atom is -0.384 e. The molecule has 1 nitrogen and oxygen atoms in total. The molecule has 0 bridgehead atoms. The zero-order valence-electron chi connectivity index (χ0n) is 9.71. The summed E-state index contributed by atoms with van der Waals surface area (Å²) in [6.45, 7) is 2.25. The molecule has 0 amide bonds. The van der Waals surface area contributed by atoms with Gasteiger partial charge in [-0.05, 0) is 59.0 Å². The van der Waals surface area contributed by atoms with E-state index >= 15 is 0 Å². The third kappa shape index (κ3) is 2.52. The number of hydrogen-bond acceptors (Lipinski definition) is 2. The van der Waals surface area contributed by atoms with Crippen molar-refractivity contribution in [1.29, 1.82) is 0 Å². The largest absolute Gasteiger partial charge is 0.384 e. The van der Waals surface area contributed by atoms with Crippen LogP contribution in [-0.2, 0) is 5.60 Å². The lowest BCUT2D eigenvalue weighted by molar-refractivity contribution is -0.0125. The lowest BCUT2D eigenvalue weighted by Crippen LogP contribution is -2.30. The fourth-order valence-electron chi connectivity index (χ4n) is 2.70. The summed E-state index contributed by atoms with van der Waals surface area (Å²) in [7, 11) is 0. The van der Waals surface area contributed by atoms with Crippen molar-refractivity contribution < 1.29 is 5.11 Å². The van der Waals surface area contributed by atoms with Gasteiger partial charge in [0.1, 0.15) is 0 Å². The molecule has 1 saturated carbocycles. The molecule has 1 aliphatic rings. The fraction of sp³-hybridized carbons (Fsp3) is 0.692. The van der Waals surface area contributed by atoms with Crippen LogP contribution in [0.25, 0.3) is 0 Å². The van der Waals surface area contributed by atoms with Gasteiger partial charge in [-0.1, -0.05) is 19.8 Å². The topological polar surface area (TPSA) is 20.2 Å². The van der Waals surface area contributed by atoms with Gasteiger partial charge in [-0.15, -0.1) is 11.3 Å². The summed E-state index contributed by atoms with van der Waals surface area (Å²) in [6.07, 6.45) is 6.80. The number of halogens is 1. The monoisotopic (exact) mass is 302 g/mol. The van der Waals surface area contributed by atoms with Gasteiger partial charge < -0.3 is 5.11 Å². The fourth-order valence-corrected chi connectivity index (χ4v) is 4.61. The molecule has 0 spiro atoms. The van der Waals surface area contributed by atoms with Gasteiger partial charge in [0, 0.05) is 4.47 Å². The molecule has 0 saturated heterocycles. The van der Waals surface area contributed by atoms with Crippen LogP contribution in [0.1, 0.15) is 50.3 Å². The van der Waals surface area contributed by atoms with Gasteiger partial charge >= 0.3 is 0 Å². The third-order valence-electron chi connectivity index (χ3n) is 3.67. The molecular formula is C13H19BrOS. The van der Waals surface area contributed by atoms with E-state index in [1.807, 2.05) is 6.07 Å². The molecule has 90 valence electrons. The van der Waals surface area contributed by atoms with E-state index < -0.39 is 5.60 Å². The molecule has 0 aromatic carbocycles. The maximum atomic E-state index is 10.7. The maximum absolute atomic E-state index is 10.7. The molecule has 1 aromatic heterocycles. The maximum Gasteiger partial charge on any atom is 0.0999 e. The van der Waals surface area contributed by atoms with Crippen LogP contribution >= 0.6 is 27.3 Å². The summed E-state index contributed by atoms with van der Waals surface area (Å²) in [5.74, 6) is 0.837. The Hall–Kier alpha value is 0.140. The van der Waals surface area contributed by atoms with Gasteiger partial charge in [0.2, 0.25) is 0 Å². The quantitative estimate of drug-likeness (QED) is 0.859. The first-order valence-electron chi connectivity index (χ1n) is 6.11. The highest BCUT2D eigenvalue weighted by atomic mass is 79.9. The van der Waals surface area contributed by atoms with Crippen molar-refractivity contribution >= 4 is 27.3 Å². The van der Waals surface area contributed by atoms with E-state index in [0.717, 1.165) is 28.1 Å². The Labute approximate surface area is 110 Å². The molecule has 0 aliphatic heterocycles. The number of thiophene rings is 1. The Bertz CT molecular complexity index is 339. The van der Waals surface area contributed by atoms with Crippen LogP contribution in [0.15, 0.2) is 15.9 Å². The zero-order chi connectivity index (χ0) is 11.6. The van der Waals surface area contributed by atoms with E-state index in [9.17, 15) is 5.11 Å². The van der Waals surface area contributed by atoms with Crippen LogP contribution in [0.3, 0.4) is 0 Å². The van der Waals surface area contributed by atoms with Crippen molar-refractivity contribution in [2.45, 2.75) is 51.0 Å². The van der Waals surface area contributed by atoms with Gasteiger partial charge in [0.25, 0.3) is 0 Å². The van der Waals surface area contributed by atoms with Crippen LogP contribution < -0.4 is 0 Å². The molecule has 1 fully saturated rings. The Balaban J connectivity index is 2.04. The molecule has 0 atom stereocenters. The van der Waals surface area contributed by atoms with Crippen LogP contribution in [-0.4, -0.2) is 5.11 Å². The number of hydrogen-bond donors (Lipinski definition) is 1. The van der Waals surface area contributed by atoms with Crippen LogP contribution in [0, 0.1) is 5.92 Å². The van der Waals surface area contributed by atoms with Crippen molar-refractivity contribution in [3.8, 4) is 0 Å². The predicted octanol–water partition coefficient (Wildman–Crippen LogP) is 4.69. The van der Waals surface area contributed by atoms with Gasteiger partial charge in [-0.3, -0.25) is 0 Å². The van der Waals surface area contributed by atoms with Crippen LogP contribution in [0.5, 0.6) is 0 Å². The van der Waals surface area contributed by atoms with E-state index in [4.69, 9.17) is 0 Å². The Morgan fingerprint density at radius 2 is 2.19 bits per heavy atom. The third-order valence-corrected chi connectivity index (χ3v) is 5.70. The predicted molar refractivity (Wildman–Crippen MR) is 72.8 cm³/mol. The molecule has 1 N–H and O–H groups in total. The molecular weight excluding hydrogens is 284 g/mol. The second-order valence-corrected chi connectivity index (χ2v) is 6.63. The minimum absolute atomic E-state index is 0.558. The average molecular weight is 303 g/mol. The SMILES string of the molecule is CCCC1CCC(O)(c2sccc2Br)CC1. The van der Waals surface area contributed by atoms with Gasteiger partial charge in [-0.25, -0.2) is 0 Å². The Kier molecular flexibility index (Phi) is 4.09. The second-order valence-electron chi connectivity index (χ2n) is 4.86. The highest BCUT2D eigenvalue weighted by Gasteiger charge is 2.36. The minimum atomic E-state index is -0.558. The standard InChI is InChI=1S/C13H19BrOS/c1-2-3-10-4-7-13(15,8-5-10)12-11(14)6-9-16-12/h6,9-10,15H,2-5,7-8H2,1H3. The highest BCUT2D eigenvalue weighted by Crippen LogP contribution is 2.45. The molecule has 0 radical (unpaired) electrons. The summed E-state index contributed by atoms with van der Waals surface area (Å²) in [5, 5.41) is 12.7. The zero-order valence-corrected chi connectivity index (χ0v) is 12.1. The molecule has 2 rings (SSSR count). The first kappa shape index (κ1) is 12.6. The van der Waals surface area contributed by atoms with Gasteiger partial charge in [0.05, 0.1) is 10.5 Å². The van der Waals surface area contributed by atoms with E-state index in [2.05, 4.69) is 28.2 Å². The highest BCUT2D eigenvalue weighted by molar-refractivity contribution is 9.10. The molecule has 1 aromatic rings. The van der Waals surface area contributed by atoms with Crippen LogP contribution in [0.4, 0.5) is 0 Å².